The van der Waals surface area contributed by atoms with E-state index in [0.717, 1.165) is 67.5 Å². The van der Waals surface area contributed by atoms with E-state index < -0.39 is 5.54 Å². The second-order valence-corrected chi connectivity index (χ2v) is 8.08. The highest BCUT2D eigenvalue weighted by Gasteiger charge is 2.49. The van der Waals surface area contributed by atoms with Crippen LogP contribution in [0.4, 0.5) is 5.69 Å². The number of aliphatic imine (C=N–C) groups is 1. The lowest BCUT2D eigenvalue weighted by Crippen LogP contribution is -3.00. The predicted molar refractivity (Wildman–Crippen MR) is 115 cm³/mol. The second-order valence-electron chi connectivity index (χ2n) is 8.08. The molecule has 156 valence electrons. The summed E-state index contributed by atoms with van der Waals surface area (Å²) < 4.78 is 0. The third-order valence-electron chi connectivity index (χ3n) is 6.10. The van der Waals surface area contributed by atoms with Crippen molar-refractivity contribution in [1.29, 1.82) is 5.39 Å². The number of hydrogen-bond acceptors (Lipinski definition) is 3. The van der Waals surface area contributed by atoms with Crippen LogP contribution in [0.15, 0.2) is 53.5 Å². The molecule has 0 saturated heterocycles. The van der Waals surface area contributed by atoms with Crippen molar-refractivity contribution in [3.63, 3.8) is 0 Å². The van der Waals surface area contributed by atoms with Crippen LogP contribution in [0.2, 0.25) is 0 Å². The van der Waals surface area contributed by atoms with Crippen LogP contribution in [0.1, 0.15) is 57.4 Å². The first-order valence-corrected chi connectivity index (χ1v) is 10.6. The second kappa shape index (κ2) is 9.40. The van der Waals surface area contributed by atoms with Crippen molar-refractivity contribution < 1.29 is 17.2 Å². The van der Waals surface area contributed by atoms with Gasteiger partial charge in [-0.2, -0.15) is 0 Å². The van der Waals surface area contributed by atoms with E-state index in [4.69, 9.17) is 4.99 Å². The van der Waals surface area contributed by atoms with Gasteiger partial charge in [-0.25, -0.2) is 0 Å². The molecular weight excluding hydrogens is 396 g/mol. The average Bonchev–Trinajstić information content (AvgIpc) is 3.33. The summed E-state index contributed by atoms with van der Waals surface area (Å²) in [4.78, 5) is 23.5. The van der Waals surface area contributed by atoms with Crippen molar-refractivity contribution in [1.82, 2.24) is 4.90 Å². The van der Waals surface area contributed by atoms with Gasteiger partial charge in [-0.15, -0.1) is 0 Å². The number of carbonyl (C=O) groups excluding carboxylic acids is 1. The molecule has 2 aliphatic rings. The lowest BCUT2D eigenvalue weighted by atomic mass is 9.98. The Labute approximate surface area is 184 Å². The van der Waals surface area contributed by atoms with Crippen molar-refractivity contribution in [2.45, 2.75) is 64.0 Å². The molecule has 0 unspecified atom stereocenters. The Bertz CT molecular complexity index is 971. The van der Waals surface area contributed by atoms with E-state index in [0.29, 0.717) is 12.2 Å². The Balaban J connectivity index is 0.00000256. The molecule has 1 heterocycles. The Morgan fingerprint density at radius 2 is 1.80 bits per heavy atom. The molecule has 0 atom stereocenters. The van der Waals surface area contributed by atoms with Crippen LogP contribution >= 0.6 is 0 Å². The summed E-state index contributed by atoms with van der Waals surface area (Å²) in [5, 5.41) is 9.22. The first kappa shape index (κ1) is 22.0. The predicted octanol–water partition coefficient (Wildman–Crippen LogP) is 3.09. The monoisotopic (exact) mass is 422 g/mol. The fourth-order valence-corrected chi connectivity index (χ4v) is 4.48. The Morgan fingerprint density at radius 1 is 1.10 bits per heavy atom. The van der Waals surface area contributed by atoms with Gasteiger partial charge in [0.25, 0.3) is 5.91 Å². The normalized spacial score (nSPS) is 17.0. The van der Waals surface area contributed by atoms with Gasteiger partial charge >= 0.3 is 5.69 Å². The van der Waals surface area contributed by atoms with Crippen LogP contribution in [-0.2, 0) is 11.3 Å². The Morgan fingerprint density at radius 3 is 2.47 bits per heavy atom. The van der Waals surface area contributed by atoms with E-state index >= 15 is 0 Å². The number of halogens is 1. The maximum absolute atomic E-state index is 13.3. The summed E-state index contributed by atoms with van der Waals surface area (Å²) in [7, 11) is 0. The number of amides is 1. The van der Waals surface area contributed by atoms with Crippen LogP contribution < -0.4 is 12.4 Å². The molecule has 4 rings (SSSR count). The Hall–Kier alpha value is -2.71. The minimum absolute atomic E-state index is 0. The molecule has 6 heteroatoms. The minimum atomic E-state index is -0.482. The maximum Gasteiger partial charge on any atom is 0.392 e. The molecule has 30 heavy (non-hydrogen) atoms. The van der Waals surface area contributed by atoms with E-state index in [1.807, 2.05) is 47.4 Å². The topological polar surface area (TPSA) is 60.8 Å². The van der Waals surface area contributed by atoms with Gasteiger partial charge in [0, 0.05) is 12.5 Å². The molecule has 0 N–H and O–H groups in total. The highest BCUT2D eigenvalue weighted by atomic mass is 35.5. The van der Waals surface area contributed by atoms with Gasteiger partial charge < -0.3 is 12.4 Å². The van der Waals surface area contributed by atoms with Crippen molar-refractivity contribution in [2.24, 2.45) is 4.99 Å². The van der Waals surface area contributed by atoms with Gasteiger partial charge in [-0.3, -0.25) is 14.7 Å². The zero-order chi connectivity index (χ0) is 20.3. The molecule has 1 spiro atoms. The highest BCUT2D eigenvalue weighted by molar-refractivity contribution is 6.08. The van der Waals surface area contributed by atoms with Crippen molar-refractivity contribution in [3.8, 4) is 11.1 Å². The van der Waals surface area contributed by atoms with E-state index in [1.54, 1.807) is 6.07 Å². The third-order valence-corrected chi connectivity index (χ3v) is 6.10. The average molecular weight is 423 g/mol. The molecule has 1 fully saturated rings. The smallest absolute Gasteiger partial charge is 0.392 e. The molecule has 2 aromatic carbocycles. The molecule has 2 aromatic rings. The fourth-order valence-electron chi connectivity index (χ4n) is 4.48. The number of rotatable bonds is 6. The molecule has 1 saturated carbocycles. The van der Waals surface area contributed by atoms with E-state index in [2.05, 4.69) is 11.9 Å². The quantitative estimate of drug-likeness (QED) is 0.671. The molecular formula is C24H27ClN4O. The fraction of sp³-hybridized carbons (Fsp3) is 0.417. The summed E-state index contributed by atoms with van der Waals surface area (Å²) in [6, 6.07) is 15.6. The zero-order valence-corrected chi connectivity index (χ0v) is 18.1. The summed E-state index contributed by atoms with van der Waals surface area (Å²) >= 11 is 0. The number of nitrogens with zero attached hydrogens (tertiary/aromatic N) is 4. The van der Waals surface area contributed by atoms with Crippen LogP contribution in [0.3, 0.4) is 0 Å². The number of unbranched alkanes of at least 4 members (excludes halogenated alkanes) is 1. The molecule has 1 aliphatic heterocycles. The molecule has 0 radical (unpaired) electrons. The van der Waals surface area contributed by atoms with Crippen LogP contribution in [0.25, 0.3) is 16.1 Å². The first-order chi connectivity index (χ1) is 14.2. The van der Waals surface area contributed by atoms with Gasteiger partial charge in [-0.05, 0) is 36.5 Å². The van der Waals surface area contributed by atoms with Gasteiger partial charge in [0.15, 0.2) is 4.98 Å². The van der Waals surface area contributed by atoms with E-state index in [-0.39, 0.29) is 18.3 Å². The molecule has 1 aliphatic carbocycles. The highest BCUT2D eigenvalue weighted by Crippen LogP contribution is 2.40. The van der Waals surface area contributed by atoms with Crippen molar-refractivity contribution >= 4 is 17.4 Å². The Kier molecular flexibility index (Phi) is 6.89. The lowest BCUT2D eigenvalue weighted by molar-refractivity contribution is -0.131. The number of benzene rings is 2. The number of carbonyl (C=O) groups is 1. The van der Waals surface area contributed by atoms with Crippen molar-refractivity contribution in [2.75, 3.05) is 0 Å². The summed E-state index contributed by atoms with van der Waals surface area (Å²) in [5.74, 6) is 1.15. The zero-order valence-electron chi connectivity index (χ0n) is 17.4. The van der Waals surface area contributed by atoms with Crippen LogP contribution in [0, 0.1) is 5.39 Å². The van der Waals surface area contributed by atoms with Gasteiger partial charge in [-0.1, -0.05) is 62.6 Å². The molecule has 0 aromatic heterocycles. The van der Waals surface area contributed by atoms with Crippen LogP contribution in [0.5, 0.6) is 0 Å². The minimum Gasteiger partial charge on any atom is -1.00 e. The van der Waals surface area contributed by atoms with Gasteiger partial charge in [0.1, 0.15) is 11.4 Å². The summed E-state index contributed by atoms with van der Waals surface area (Å²) in [5.41, 5.74) is 3.02. The van der Waals surface area contributed by atoms with Crippen molar-refractivity contribution in [3.05, 3.63) is 59.1 Å². The molecule has 0 bridgehead atoms. The maximum atomic E-state index is 13.3. The summed E-state index contributed by atoms with van der Waals surface area (Å²) in [6.45, 7) is 2.73. The standard InChI is InChI=1S/C24H27N4O.ClH/c1-2-3-10-22-26-24(15-6-7-16-24)23(29)28(22)17-18-11-13-19(14-12-18)20-8-4-5-9-21(20)27-25;/h4-5,8-9,11-14H,2-3,6-7,10,15-17H2,1H3;1H/q+1;/p-1. The number of amidine groups is 1. The molecule has 1 amide bonds. The van der Waals surface area contributed by atoms with Gasteiger partial charge in [0.05, 0.1) is 12.1 Å². The van der Waals surface area contributed by atoms with Gasteiger partial charge in [0.2, 0.25) is 5.39 Å². The van der Waals surface area contributed by atoms with Crippen LogP contribution in [-0.4, -0.2) is 22.2 Å². The first-order valence-electron chi connectivity index (χ1n) is 10.6. The lowest BCUT2D eigenvalue weighted by Gasteiger charge is -2.22. The third kappa shape index (κ3) is 4.11. The SMILES string of the molecule is CCCCC1=NC2(CCCC2)C(=O)N1Cc1ccc(-c2ccccc2[N+]#N)cc1.[Cl-]. The number of hydrogen-bond donors (Lipinski definition) is 0. The molecule has 5 nitrogen and oxygen atoms in total. The van der Waals surface area contributed by atoms with E-state index in [9.17, 15) is 10.2 Å². The van der Waals surface area contributed by atoms with E-state index in [1.165, 1.54) is 0 Å². The number of diazo groups is 1. The summed E-state index contributed by atoms with van der Waals surface area (Å²) in [6.07, 6.45) is 6.98. The largest absolute Gasteiger partial charge is 1.00 e.